The molecule has 0 radical (unpaired) electrons. The fourth-order valence-corrected chi connectivity index (χ4v) is 1.47. The van der Waals surface area contributed by atoms with Crippen LogP contribution in [0.4, 0.5) is 11.4 Å². The Morgan fingerprint density at radius 3 is 2.53 bits per heavy atom. The summed E-state index contributed by atoms with van der Waals surface area (Å²) in [4.78, 5) is 32.4. The van der Waals surface area contributed by atoms with Crippen molar-refractivity contribution in [2.24, 2.45) is 0 Å². The molecular weight excluding hydrogens is 254 g/mol. The van der Waals surface area contributed by atoms with Gasteiger partial charge in [-0.3, -0.25) is 14.9 Å². The Morgan fingerprint density at radius 1 is 1.42 bits per heavy atom. The summed E-state index contributed by atoms with van der Waals surface area (Å²) >= 11 is 0. The number of non-ortho nitro benzene ring substituents is 1. The van der Waals surface area contributed by atoms with Crippen LogP contribution in [0.25, 0.3) is 0 Å². The maximum absolute atomic E-state index is 11.4. The van der Waals surface area contributed by atoms with Gasteiger partial charge in [-0.15, -0.1) is 0 Å². The summed E-state index contributed by atoms with van der Waals surface area (Å²) in [5.41, 5.74) is -0.365. The number of hydrogen-bond acceptors (Lipinski definition) is 5. The molecule has 1 amide bonds. The second-order valence-electron chi connectivity index (χ2n) is 3.77. The zero-order chi connectivity index (χ0) is 14.6. The third kappa shape index (κ3) is 3.41. The summed E-state index contributed by atoms with van der Waals surface area (Å²) in [5.74, 6) is -1.59. The number of amides is 1. The van der Waals surface area contributed by atoms with Gasteiger partial charge in [0.1, 0.15) is 6.04 Å². The van der Waals surface area contributed by atoms with Crippen LogP contribution in [0.3, 0.4) is 0 Å². The van der Waals surface area contributed by atoms with Crippen molar-refractivity contribution in [1.82, 2.24) is 5.32 Å². The van der Waals surface area contributed by atoms with E-state index in [-0.39, 0.29) is 22.8 Å². The molecule has 102 valence electrons. The molecule has 0 fully saturated rings. The minimum absolute atomic E-state index is 0.0257. The number of nitrogens with zero attached hydrogens (tertiary/aromatic N) is 1. The zero-order valence-electron chi connectivity index (χ0n) is 10.3. The second kappa shape index (κ2) is 5.80. The molecule has 0 heterocycles. The van der Waals surface area contributed by atoms with E-state index in [0.29, 0.717) is 0 Å². The molecule has 19 heavy (non-hydrogen) atoms. The number of likely N-dealkylation sites (N-methyl/N-ethyl adjacent to an activating group) is 1. The van der Waals surface area contributed by atoms with Crippen LogP contribution in [0.15, 0.2) is 18.2 Å². The first-order chi connectivity index (χ1) is 8.86. The number of nitrogens with one attached hydrogen (secondary N) is 2. The molecule has 0 spiro atoms. The van der Waals surface area contributed by atoms with Crippen LogP contribution < -0.4 is 10.6 Å². The lowest BCUT2D eigenvalue weighted by molar-refractivity contribution is -0.384. The lowest BCUT2D eigenvalue weighted by atomic mass is 10.1. The molecule has 0 saturated heterocycles. The normalized spacial score (nSPS) is 11.5. The summed E-state index contributed by atoms with van der Waals surface area (Å²) in [5, 5.41) is 24.7. The predicted molar refractivity (Wildman–Crippen MR) is 67.2 cm³/mol. The van der Waals surface area contributed by atoms with Gasteiger partial charge in [0.25, 0.3) is 5.69 Å². The molecule has 0 aliphatic heterocycles. The highest BCUT2D eigenvalue weighted by molar-refractivity contribution is 5.96. The van der Waals surface area contributed by atoms with Gasteiger partial charge in [0.15, 0.2) is 0 Å². The highest BCUT2D eigenvalue weighted by atomic mass is 16.6. The molecule has 1 rings (SSSR count). The minimum atomic E-state index is -1.23. The van der Waals surface area contributed by atoms with Crippen LogP contribution in [0.2, 0.25) is 0 Å². The van der Waals surface area contributed by atoms with E-state index in [4.69, 9.17) is 5.11 Å². The van der Waals surface area contributed by atoms with Gasteiger partial charge in [-0.25, -0.2) is 4.79 Å². The summed E-state index contributed by atoms with van der Waals surface area (Å²) in [6.07, 6.45) is 0. The Kier molecular flexibility index (Phi) is 4.41. The number of aromatic carboxylic acids is 1. The Hall–Kier alpha value is -2.64. The summed E-state index contributed by atoms with van der Waals surface area (Å²) in [6, 6.07) is 2.59. The van der Waals surface area contributed by atoms with Crippen LogP contribution >= 0.6 is 0 Å². The van der Waals surface area contributed by atoms with Gasteiger partial charge in [-0.2, -0.15) is 0 Å². The van der Waals surface area contributed by atoms with Crippen molar-refractivity contribution >= 4 is 23.3 Å². The van der Waals surface area contributed by atoms with Gasteiger partial charge in [0.2, 0.25) is 5.91 Å². The highest BCUT2D eigenvalue weighted by Crippen LogP contribution is 2.23. The SMILES string of the molecule is CNC(=O)C(C)Nc1cc([N+](=O)[O-])ccc1C(=O)O. The van der Waals surface area contributed by atoms with Gasteiger partial charge < -0.3 is 15.7 Å². The standard InChI is InChI=1S/C11H13N3O5/c1-6(10(15)12-2)13-9-5-7(14(18)19)3-4-8(9)11(16)17/h3-6,13H,1-2H3,(H,12,15)(H,16,17). The average Bonchev–Trinajstić information content (AvgIpc) is 2.37. The van der Waals surface area contributed by atoms with E-state index in [1.54, 1.807) is 0 Å². The first-order valence-electron chi connectivity index (χ1n) is 5.36. The van der Waals surface area contributed by atoms with Gasteiger partial charge >= 0.3 is 5.97 Å². The van der Waals surface area contributed by atoms with E-state index in [0.717, 1.165) is 18.2 Å². The van der Waals surface area contributed by atoms with Gasteiger partial charge in [-0.1, -0.05) is 0 Å². The Balaban J connectivity index is 3.14. The van der Waals surface area contributed by atoms with E-state index in [2.05, 4.69) is 10.6 Å². The molecule has 1 unspecified atom stereocenters. The molecule has 8 heteroatoms. The number of benzene rings is 1. The molecule has 1 aromatic rings. The molecule has 0 aliphatic rings. The van der Waals surface area contributed by atoms with Crippen LogP contribution in [-0.2, 0) is 4.79 Å². The lowest BCUT2D eigenvalue weighted by Gasteiger charge is -2.15. The molecular formula is C11H13N3O5. The topological polar surface area (TPSA) is 122 Å². The first-order valence-corrected chi connectivity index (χ1v) is 5.36. The van der Waals surface area contributed by atoms with Crippen molar-refractivity contribution in [3.8, 4) is 0 Å². The van der Waals surface area contributed by atoms with Gasteiger partial charge in [0.05, 0.1) is 16.2 Å². The third-order valence-corrected chi connectivity index (χ3v) is 2.46. The zero-order valence-corrected chi connectivity index (χ0v) is 10.3. The monoisotopic (exact) mass is 267 g/mol. The first kappa shape index (κ1) is 14.4. The number of carbonyl (C=O) groups is 2. The number of carboxylic acid groups (broad SMARTS) is 1. The molecule has 0 saturated carbocycles. The van der Waals surface area contributed by atoms with E-state index in [1.807, 2.05) is 0 Å². The number of rotatable bonds is 5. The number of carbonyl (C=O) groups excluding carboxylic acids is 1. The van der Waals surface area contributed by atoms with Crippen molar-refractivity contribution in [1.29, 1.82) is 0 Å². The van der Waals surface area contributed by atoms with Gasteiger partial charge in [0, 0.05) is 19.2 Å². The van der Waals surface area contributed by atoms with E-state index in [1.165, 1.54) is 14.0 Å². The average molecular weight is 267 g/mol. The number of nitro benzene ring substituents is 1. The smallest absolute Gasteiger partial charge is 0.337 e. The van der Waals surface area contributed by atoms with Crippen LogP contribution in [0.1, 0.15) is 17.3 Å². The molecule has 0 aromatic heterocycles. The van der Waals surface area contributed by atoms with Gasteiger partial charge in [-0.05, 0) is 13.0 Å². The quantitative estimate of drug-likeness (QED) is 0.536. The van der Waals surface area contributed by atoms with Crippen molar-refractivity contribution in [3.05, 3.63) is 33.9 Å². The highest BCUT2D eigenvalue weighted by Gasteiger charge is 2.18. The molecule has 1 atom stereocenters. The number of nitro groups is 1. The Labute approximate surface area is 108 Å². The van der Waals surface area contributed by atoms with Crippen LogP contribution in [0, 0.1) is 10.1 Å². The molecule has 8 nitrogen and oxygen atoms in total. The second-order valence-corrected chi connectivity index (χ2v) is 3.77. The van der Waals surface area contributed by atoms with Crippen molar-refractivity contribution in [2.45, 2.75) is 13.0 Å². The molecule has 0 bridgehead atoms. The minimum Gasteiger partial charge on any atom is -0.478 e. The van der Waals surface area contributed by atoms with Crippen molar-refractivity contribution < 1.29 is 19.6 Å². The van der Waals surface area contributed by atoms with Crippen molar-refractivity contribution in [2.75, 3.05) is 12.4 Å². The lowest BCUT2D eigenvalue weighted by Crippen LogP contribution is -2.35. The van der Waals surface area contributed by atoms with E-state index in [9.17, 15) is 19.7 Å². The number of anilines is 1. The molecule has 3 N–H and O–H groups in total. The number of carboxylic acids is 1. The fraction of sp³-hybridized carbons (Fsp3) is 0.273. The van der Waals surface area contributed by atoms with Crippen molar-refractivity contribution in [3.63, 3.8) is 0 Å². The molecule has 0 aliphatic carbocycles. The Bertz CT molecular complexity index is 529. The summed E-state index contributed by atoms with van der Waals surface area (Å²) < 4.78 is 0. The largest absolute Gasteiger partial charge is 0.478 e. The summed E-state index contributed by atoms with van der Waals surface area (Å²) in [6.45, 7) is 1.52. The van der Waals surface area contributed by atoms with Crippen LogP contribution in [0.5, 0.6) is 0 Å². The number of hydrogen-bond donors (Lipinski definition) is 3. The maximum atomic E-state index is 11.4. The van der Waals surface area contributed by atoms with E-state index < -0.39 is 16.9 Å². The third-order valence-electron chi connectivity index (χ3n) is 2.46. The predicted octanol–water partition coefficient (Wildman–Crippen LogP) is 0.839. The molecule has 1 aromatic carbocycles. The fourth-order valence-electron chi connectivity index (χ4n) is 1.47. The maximum Gasteiger partial charge on any atom is 0.337 e. The van der Waals surface area contributed by atoms with E-state index >= 15 is 0 Å². The van der Waals surface area contributed by atoms with Crippen LogP contribution in [-0.4, -0.2) is 35.0 Å². The Morgan fingerprint density at radius 2 is 2.05 bits per heavy atom. The summed E-state index contributed by atoms with van der Waals surface area (Å²) in [7, 11) is 1.44.